The Morgan fingerprint density at radius 3 is 2.61 bits per heavy atom. The molecule has 102 valence electrons. The monoisotopic (exact) mass is 254 g/mol. The summed E-state index contributed by atoms with van der Waals surface area (Å²) in [5, 5.41) is 17.9. The van der Waals surface area contributed by atoms with Gasteiger partial charge in [0.05, 0.1) is 12.2 Å². The second kappa shape index (κ2) is 6.34. The predicted molar refractivity (Wildman–Crippen MR) is 67.2 cm³/mol. The smallest absolute Gasteiger partial charge is 0.327 e. The van der Waals surface area contributed by atoms with Crippen LogP contribution in [0.4, 0.5) is 0 Å². The predicted octanol–water partition coefficient (Wildman–Crippen LogP) is 1.97. The maximum absolute atomic E-state index is 10.3. The van der Waals surface area contributed by atoms with Crippen molar-refractivity contribution >= 4 is 5.97 Å². The average molecular weight is 254 g/mol. The van der Waals surface area contributed by atoms with Crippen LogP contribution in [0.15, 0.2) is 12.2 Å². The highest BCUT2D eigenvalue weighted by Gasteiger charge is 2.47. The van der Waals surface area contributed by atoms with Crippen LogP contribution in [0.5, 0.6) is 0 Å². The van der Waals surface area contributed by atoms with Gasteiger partial charge in [-0.05, 0) is 38.0 Å². The van der Waals surface area contributed by atoms with Crippen molar-refractivity contribution in [2.75, 3.05) is 6.61 Å². The molecule has 4 atom stereocenters. The van der Waals surface area contributed by atoms with Gasteiger partial charge in [0, 0.05) is 18.6 Å². The lowest BCUT2D eigenvalue weighted by atomic mass is 9.77. The number of aliphatic carboxylic acids is 1. The molecule has 0 aromatic carbocycles. The minimum atomic E-state index is -0.878. The Hall–Kier alpha value is -0.870. The van der Waals surface area contributed by atoms with E-state index >= 15 is 0 Å². The molecular weight excluding hydrogens is 232 g/mol. The number of rotatable bonds is 7. The molecule has 18 heavy (non-hydrogen) atoms. The van der Waals surface area contributed by atoms with Crippen LogP contribution in [0.3, 0.4) is 0 Å². The molecule has 0 amide bonds. The molecule has 2 aliphatic rings. The van der Waals surface area contributed by atoms with E-state index in [2.05, 4.69) is 0 Å². The van der Waals surface area contributed by atoms with Crippen molar-refractivity contribution in [3.63, 3.8) is 0 Å². The molecule has 4 heteroatoms. The summed E-state index contributed by atoms with van der Waals surface area (Å²) in [6, 6.07) is 0. The Bertz CT molecular complexity index is 313. The maximum Gasteiger partial charge on any atom is 0.327 e. The van der Waals surface area contributed by atoms with Gasteiger partial charge in [0.1, 0.15) is 0 Å². The number of hydrogen-bond donors (Lipinski definition) is 2. The topological polar surface area (TPSA) is 66.8 Å². The van der Waals surface area contributed by atoms with Gasteiger partial charge in [0.2, 0.25) is 0 Å². The molecule has 2 heterocycles. The number of aliphatic hydroxyl groups is 1. The number of fused-ring (bicyclic) bond motifs is 2. The van der Waals surface area contributed by atoms with Crippen LogP contribution in [0.2, 0.25) is 0 Å². The maximum atomic E-state index is 10.3. The second-order valence-electron chi connectivity index (χ2n) is 5.33. The zero-order valence-electron chi connectivity index (χ0n) is 10.6. The van der Waals surface area contributed by atoms with E-state index in [1.54, 1.807) is 6.08 Å². The lowest BCUT2D eigenvalue weighted by molar-refractivity contribution is -0.131. The third-order valence-electron chi connectivity index (χ3n) is 4.22. The van der Waals surface area contributed by atoms with E-state index in [1.807, 2.05) is 0 Å². The summed E-state index contributed by atoms with van der Waals surface area (Å²) >= 11 is 0. The van der Waals surface area contributed by atoms with Gasteiger partial charge in [-0.25, -0.2) is 4.79 Å². The van der Waals surface area contributed by atoms with E-state index < -0.39 is 5.97 Å². The largest absolute Gasteiger partial charge is 0.478 e. The minimum Gasteiger partial charge on any atom is -0.478 e. The Morgan fingerprint density at radius 1 is 1.22 bits per heavy atom. The van der Waals surface area contributed by atoms with Gasteiger partial charge in [-0.1, -0.05) is 12.5 Å². The van der Waals surface area contributed by atoms with Crippen molar-refractivity contribution in [1.82, 2.24) is 0 Å². The molecule has 0 aromatic rings. The summed E-state index contributed by atoms with van der Waals surface area (Å²) in [6.07, 6.45) is 9.82. The summed E-state index contributed by atoms with van der Waals surface area (Å²) < 4.78 is 5.85. The molecule has 2 N–H and O–H groups in total. The number of ether oxygens (including phenoxy) is 1. The van der Waals surface area contributed by atoms with Crippen molar-refractivity contribution in [3.8, 4) is 0 Å². The first-order valence-electron chi connectivity index (χ1n) is 6.88. The van der Waals surface area contributed by atoms with Crippen molar-refractivity contribution in [1.29, 1.82) is 0 Å². The molecule has 0 unspecified atom stereocenters. The number of hydrogen-bond acceptors (Lipinski definition) is 3. The normalized spacial score (nSPS) is 34.5. The van der Waals surface area contributed by atoms with Crippen LogP contribution >= 0.6 is 0 Å². The van der Waals surface area contributed by atoms with Gasteiger partial charge in [0.15, 0.2) is 0 Å². The Kier molecular flexibility index (Phi) is 4.78. The van der Waals surface area contributed by atoms with Crippen molar-refractivity contribution in [2.24, 2.45) is 11.8 Å². The first kappa shape index (κ1) is 13.6. The highest BCUT2D eigenvalue weighted by Crippen LogP contribution is 2.45. The third-order valence-corrected chi connectivity index (χ3v) is 4.22. The molecule has 0 radical (unpaired) electrons. The molecule has 4 nitrogen and oxygen atoms in total. The zero-order valence-corrected chi connectivity index (χ0v) is 10.6. The summed E-state index contributed by atoms with van der Waals surface area (Å²) in [4.78, 5) is 10.3. The summed E-state index contributed by atoms with van der Waals surface area (Å²) in [5.41, 5.74) is 0. The van der Waals surface area contributed by atoms with Gasteiger partial charge in [-0.15, -0.1) is 0 Å². The first-order chi connectivity index (χ1) is 8.72. The van der Waals surface area contributed by atoms with Crippen molar-refractivity contribution in [2.45, 2.75) is 50.7 Å². The SMILES string of the molecule is O=C(O)/C=C/CCCC[C@@H]1[C@H](CO)[C@@H]2CC[C@H]1O2. The Labute approximate surface area is 108 Å². The van der Waals surface area contributed by atoms with Gasteiger partial charge in [-0.2, -0.15) is 0 Å². The molecule has 0 aliphatic carbocycles. The van der Waals surface area contributed by atoms with E-state index in [0.29, 0.717) is 17.9 Å². The first-order valence-corrected chi connectivity index (χ1v) is 6.88. The van der Waals surface area contributed by atoms with Gasteiger partial charge in [-0.3, -0.25) is 0 Å². The number of aliphatic hydroxyl groups excluding tert-OH is 1. The van der Waals surface area contributed by atoms with Crippen LogP contribution < -0.4 is 0 Å². The lowest BCUT2D eigenvalue weighted by Gasteiger charge is -2.26. The highest BCUT2D eigenvalue weighted by atomic mass is 16.5. The highest BCUT2D eigenvalue weighted by molar-refractivity contribution is 5.79. The fourth-order valence-corrected chi connectivity index (χ4v) is 3.35. The minimum absolute atomic E-state index is 0.241. The number of allylic oxidation sites excluding steroid dienone is 1. The van der Waals surface area contributed by atoms with Crippen LogP contribution in [-0.4, -0.2) is 35.0 Å². The van der Waals surface area contributed by atoms with Gasteiger partial charge >= 0.3 is 5.97 Å². The van der Waals surface area contributed by atoms with E-state index in [1.165, 1.54) is 6.08 Å². The molecule has 2 saturated heterocycles. The number of carbonyl (C=O) groups is 1. The molecule has 0 saturated carbocycles. The number of unbranched alkanes of at least 4 members (excludes halogenated alkanes) is 2. The Morgan fingerprint density at radius 2 is 1.94 bits per heavy atom. The molecule has 2 aliphatic heterocycles. The molecule has 2 bridgehead atoms. The average Bonchev–Trinajstić information content (AvgIpc) is 2.93. The quantitative estimate of drug-likeness (QED) is 0.538. The standard InChI is InChI=1S/C14H22O4/c15-9-11-10(12-7-8-13(11)18-12)5-3-1-2-4-6-14(16)17/h4,6,10-13,15H,1-3,5,7-9H2,(H,16,17)/b6-4+/t10-,11+,12-,13+/m1/s1. The van der Waals surface area contributed by atoms with Crippen molar-refractivity contribution < 1.29 is 19.7 Å². The number of carboxylic acids is 1. The molecule has 2 fully saturated rings. The van der Waals surface area contributed by atoms with Crippen LogP contribution in [0.1, 0.15) is 38.5 Å². The summed E-state index contributed by atoms with van der Waals surface area (Å²) in [5.74, 6) is -0.0348. The van der Waals surface area contributed by atoms with Gasteiger partial charge in [0.25, 0.3) is 0 Å². The second-order valence-corrected chi connectivity index (χ2v) is 5.33. The van der Waals surface area contributed by atoms with E-state index in [4.69, 9.17) is 9.84 Å². The molecule has 0 aromatic heterocycles. The zero-order chi connectivity index (χ0) is 13.0. The fourth-order valence-electron chi connectivity index (χ4n) is 3.35. The molecular formula is C14H22O4. The van der Waals surface area contributed by atoms with E-state index in [0.717, 1.165) is 38.5 Å². The van der Waals surface area contributed by atoms with Gasteiger partial charge < -0.3 is 14.9 Å². The van der Waals surface area contributed by atoms with Crippen LogP contribution in [0, 0.1) is 11.8 Å². The van der Waals surface area contributed by atoms with Crippen LogP contribution in [-0.2, 0) is 9.53 Å². The summed E-state index contributed by atoms with van der Waals surface area (Å²) in [7, 11) is 0. The molecule has 2 rings (SSSR count). The summed E-state index contributed by atoms with van der Waals surface area (Å²) in [6.45, 7) is 0.241. The third kappa shape index (κ3) is 3.12. The molecule has 0 spiro atoms. The Balaban J connectivity index is 1.66. The van der Waals surface area contributed by atoms with E-state index in [9.17, 15) is 9.90 Å². The number of carboxylic acid groups (broad SMARTS) is 1. The fraction of sp³-hybridized carbons (Fsp3) is 0.786. The van der Waals surface area contributed by atoms with Crippen molar-refractivity contribution in [3.05, 3.63) is 12.2 Å². The van der Waals surface area contributed by atoms with E-state index in [-0.39, 0.29) is 12.7 Å². The van der Waals surface area contributed by atoms with Crippen LogP contribution in [0.25, 0.3) is 0 Å². The lowest BCUT2D eigenvalue weighted by Crippen LogP contribution is -2.29.